The fourth-order valence-electron chi connectivity index (χ4n) is 2.43. The van der Waals surface area contributed by atoms with Crippen molar-refractivity contribution in [1.82, 2.24) is 0 Å². The molecule has 0 spiro atoms. The van der Waals surface area contributed by atoms with Crippen LogP contribution in [0.3, 0.4) is 0 Å². The second kappa shape index (κ2) is 9.42. The van der Waals surface area contributed by atoms with Crippen LogP contribution in [0, 0.1) is 10.1 Å². The number of nitrogens with zero attached hydrogens (tertiary/aromatic N) is 1. The normalized spacial score (nSPS) is 10.2. The van der Waals surface area contributed by atoms with Gasteiger partial charge < -0.3 is 18.9 Å². The number of esters is 1. The Kier molecular flexibility index (Phi) is 6.99. The Morgan fingerprint density at radius 1 is 1.04 bits per heavy atom. The Balaban J connectivity index is 2.29. The van der Waals surface area contributed by atoms with Gasteiger partial charge in [0.2, 0.25) is 0 Å². The molecule has 0 saturated carbocycles. The zero-order chi connectivity index (χ0) is 19.8. The summed E-state index contributed by atoms with van der Waals surface area (Å²) >= 11 is 0. The summed E-state index contributed by atoms with van der Waals surface area (Å²) in [6.07, 6.45) is 0. The van der Waals surface area contributed by atoms with E-state index in [1.165, 1.54) is 13.2 Å². The molecule has 0 N–H and O–H groups in total. The van der Waals surface area contributed by atoms with Crippen LogP contribution in [-0.4, -0.2) is 31.2 Å². The minimum absolute atomic E-state index is 0.0812. The van der Waals surface area contributed by atoms with Gasteiger partial charge in [-0.05, 0) is 19.9 Å². The number of rotatable bonds is 9. The van der Waals surface area contributed by atoms with Crippen LogP contribution < -0.4 is 14.2 Å². The number of hydrogen-bond acceptors (Lipinski definition) is 7. The molecule has 8 heteroatoms. The first kappa shape index (κ1) is 20.0. The van der Waals surface area contributed by atoms with Crippen molar-refractivity contribution in [2.75, 3.05) is 20.3 Å². The number of nitro benzene ring substituents is 1. The summed E-state index contributed by atoms with van der Waals surface area (Å²) in [5.74, 6) is 0.151. The Labute approximate surface area is 156 Å². The monoisotopic (exact) mass is 375 g/mol. The van der Waals surface area contributed by atoms with Crippen LogP contribution >= 0.6 is 0 Å². The summed E-state index contributed by atoms with van der Waals surface area (Å²) in [5, 5.41) is 11.4. The topological polar surface area (TPSA) is 97.1 Å². The van der Waals surface area contributed by atoms with Crippen LogP contribution in [0.2, 0.25) is 0 Å². The van der Waals surface area contributed by atoms with Gasteiger partial charge in [-0.2, -0.15) is 0 Å². The van der Waals surface area contributed by atoms with Gasteiger partial charge >= 0.3 is 5.97 Å². The lowest BCUT2D eigenvalue weighted by Crippen LogP contribution is -2.10. The van der Waals surface area contributed by atoms with Crippen molar-refractivity contribution in [3.63, 3.8) is 0 Å². The van der Waals surface area contributed by atoms with Gasteiger partial charge in [-0.3, -0.25) is 10.1 Å². The summed E-state index contributed by atoms with van der Waals surface area (Å²) in [5.41, 5.74) is 0.0328. The molecule has 0 unspecified atom stereocenters. The third-order valence-corrected chi connectivity index (χ3v) is 3.63. The van der Waals surface area contributed by atoms with Crippen molar-refractivity contribution in [2.45, 2.75) is 20.5 Å². The molecule has 0 fully saturated rings. The van der Waals surface area contributed by atoms with Gasteiger partial charge in [-0.25, -0.2) is 4.79 Å². The quantitative estimate of drug-likeness (QED) is 0.374. The number of nitro groups is 1. The second-order valence-electron chi connectivity index (χ2n) is 5.33. The van der Waals surface area contributed by atoms with Crippen LogP contribution in [-0.2, 0) is 11.3 Å². The minimum Gasteiger partial charge on any atom is -0.493 e. The molecular formula is C19H21NO7. The molecule has 2 aromatic rings. The molecule has 27 heavy (non-hydrogen) atoms. The highest BCUT2D eigenvalue weighted by Gasteiger charge is 2.26. The standard InChI is InChI=1S/C19H21NO7/c1-4-25-16-9-7-6-8-13(16)12-27-19(21)14-10-18(26-5-2)17(24-3)11-15(14)20(22)23/h6-11H,4-5,12H2,1-3H3. The van der Waals surface area contributed by atoms with Crippen molar-refractivity contribution in [3.05, 3.63) is 57.6 Å². The summed E-state index contributed by atoms with van der Waals surface area (Å²) < 4.78 is 21.3. The first-order chi connectivity index (χ1) is 13.0. The van der Waals surface area contributed by atoms with E-state index in [0.717, 1.165) is 6.07 Å². The van der Waals surface area contributed by atoms with E-state index in [-0.39, 0.29) is 23.7 Å². The van der Waals surface area contributed by atoms with Crippen LogP contribution in [0.1, 0.15) is 29.8 Å². The first-order valence-corrected chi connectivity index (χ1v) is 8.38. The lowest BCUT2D eigenvalue weighted by molar-refractivity contribution is -0.385. The Morgan fingerprint density at radius 2 is 1.70 bits per heavy atom. The zero-order valence-corrected chi connectivity index (χ0v) is 15.4. The van der Waals surface area contributed by atoms with Gasteiger partial charge in [-0.1, -0.05) is 18.2 Å². The summed E-state index contributed by atoms with van der Waals surface area (Å²) in [4.78, 5) is 23.2. The smallest absolute Gasteiger partial charge is 0.345 e. The summed E-state index contributed by atoms with van der Waals surface area (Å²) in [6, 6.07) is 9.52. The lowest BCUT2D eigenvalue weighted by Gasteiger charge is -2.13. The van der Waals surface area contributed by atoms with Gasteiger partial charge in [0.05, 0.1) is 31.3 Å². The zero-order valence-electron chi connectivity index (χ0n) is 15.4. The van der Waals surface area contributed by atoms with Crippen molar-refractivity contribution in [1.29, 1.82) is 0 Å². The highest BCUT2D eigenvalue weighted by molar-refractivity contribution is 5.95. The van der Waals surface area contributed by atoms with Crippen LogP contribution in [0.25, 0.3) is 0 Å². The SMILES string of the molecule is CCOc1ccccc1COC(=O)c1cc(OCC)c(OC)cc1[N+](=O)[O-]. The van der Waals surface area contributed by atoms with E-state index in [2.05, 4.69) is 0 Å². The maximum absolute atomic E-state index is 12.5. The average molecular weight is 375 g/mol. The largest absolute Gasteiger partial charge is 0.493 e. The molecule has 0 amide bonds. The van der Waals surface area contributed by atoms with Crippen LogP contribution in [0.15, 0.2) is 36.4 Å². The third-order valence-electron chi connectivity index (χ3n) is 3.63. The maximum atomic E-state index is 12.5. The van der Waals surface area contributed by atoms with Crippen molar-refractivity contribution in [3.8, 4) is 17.2 Å². The molecule has 0 saturated heterocycles. The number of para-hydroxylation sites is 1. The van der Waals surface area contributed by atoms with E-state index in [1.54, 1.807) is 31.2 Å². The third kappa shape index (κ3) is 4.87. The predicted octanol–water partition coefficient (Wildman–Crippen LogP) is 3.76. The maximum Gasteiger partial charge on any atom is 0.345 e. The van der Waals surface area contributed by atoms with Gasteiger partial charge in [0.15, 0.2) is 11.5 Å². The van der Waals surface area contributed by atoms with Crippen LogP contribution in [0.4, 0.5) is 5.69 Å². The molecule has 0 aliphatic heterocycles. The highest BCUT2D eigenvalue weighted by Crippen LogP contribution is 2.35. The van der Waals surface area contributed by atoms with Crippen LogP contribution in [0.5, 0.6) is 17.2 Å². The van der Waals surface area contributed by atoms with Gasteiger partial charge in [-0.15, -0.1) is 0 Å². The van der Waals surface area contributed by atoms with Gasteiger partial charge in [0.25, 0.3) is 5.69 Å². The Bertz CT molecular complexity index is 820. The number of methoxy groups -OCH3 is 1. The first-order valence-electron chi connectivity index (χ1n) is 8.38. The molecule has 0 radical (unpaired) electrons. The molecular weight excluding hydrogens is 354 g/mol. The van der Waals surface area contributed by atoms with Crippen molar-refractivity contribution < 1.29 is 28.7 Å². The van der Waals surface area contributed by atoms with E-state index in [9.17, 15) is 14.9 Å². The molecule has 0 aliphatic rings. The summed E-state index contributed by atoms with van der Waals surface area (Å²) in [6.45, 7) is 4.29. The Morgan fingerprint density at radius 3 is 2.33 bits per heavy atom. The van der Waals surface area contributed by atoms with E-state index >= 15 is 0 Å². The van der Waals surface area contributed by atoms with E-state index in [1.807, 2.05) is 6.92 Å². The van der Waals surface area contributed by atoms with E-state index < -0.39 is 16.6 Å². The lowest BCUT2D eigenvalue weighted by atomic mass is 10.1. The molecule has 144 valence electrons. The van der Waals surface area contributed by atoms with Crippen molar-refractivity contribution in [2.24, 2.45) is 0 Å². The molecule has 0 bridgehead atoms. The Hall–Kier alpha value is -3.29. The molecule has 0 heterocycles. The number of carbonyl (C=O) groups is 1. The van der Waals surface area contributed by atoms with E-state index in [0.29, 0.717) is 24.5 Å². The fraction of sp³-hybridized carbons (Fsp3) is 0.316. The number of ether oxygens (including phenoxy) is 4. The minimum atomic E-state index is -0.836. The number of benzene rings is 2. The fourth-order valence-corrected chi connectivity index (χ4v) is 2.43. The van der Waals surface area contributed by atoms with E-state index in [4.69, 9.17) is 18.9 Å². The number of carbonyl (C=O) groups excluding carboxylic acids is 1. The molecule has 2 rings (SSSR count). The molecule has 2 aromatic carbocycles. The molecule has 0 aromatic heterocycles. The molecule has 0 atom stereocenters. The molecule has 0 aliphatic carbocycles. The van der Waals surface area contributed by atoms with Crippen molar-refractivity contribution >= 4 is 11.7 Å². The average Bonchev–Trinajstić information content (AvgIpc) is 2.67. The van der Waals surface area contributed by atoms with Gasteiger partial charge in [0.1, 0.15) is 17.9 Å². The summed E-state index contributed by atoms with van der Waals surface area (Å²) in [7, 11) is 1.37. The highest BCUT2D eigenvalue weighted by atomic mass is 16.6. The predicted molar refractivity (Wildman–Crippen MR) is 97.5 cm³/mol. The number of hydrogen-bond donors (Lipinski definition) is 0. The molecule has 8 nitrogen and oxygen atoms in total. The van der Waals surface area contributed by atoms with Gasteiger partial charge in [0, 0.05) is 11.6 Å². The second-order valence-corrected chi connectivity index (χ2v) is 5.33.